The summed E-state index contributed by atoms with van der Waals surface area (Å²) in [7, 11) is 2.91. The van der Waals surface area contributed by atoms with E-state index in [0.29, 0.717) is 11.4 Å². The number of hydroxylamine groups is 2. The van der Waals surface area contributed by atoms with Crippen LogP contribution in [0.15, 0.2) is 23.3 Å². The molecule has 1 rings (SSSR count). The maximum absolute atomic E-state index is 11.6. The molecular weight excluding hydrogens is 323 g/mol. The number of nitrogens with two attached hydrogens (primary N) is 2. The zero-order valence-electron chi connectivity index (χ0n) is 12.0. The van der Waals surface area contributed by atoms with Gasteiger partial charge in [0.2, 0.25) is 0 Å². The average Bonchev–Trinajstić information content (AvgIpc) is 2.45. The predicted octanol–water partition coefficient (Wildman–Crippen LogP) is 0.253. The summed E-state index contributed by atoms with van der Waals surface area (Å²) in [5, 5.41) is 8.22. The number of carbonyl (C=O) groups is 2. The van der Waals surface area contributed by atoms with Crippen molar-refractivity contribution in [3.05, 3.63) is 23.9 Å². The summed E-state index contributed by atoms with van der Waals surface area (Å²) in [5.74, 6) is -2.80. The molecule has 1 amide bonds. The van der Waals surface area contributed by atoms with Crippen LogP contribution in [0.3, 0.4) is 0 Å². The van der Waals surface area contributed by atoms with Crippen LogP contribution in [0.25, 0.3) is 0 Å². The smallest absolute Gasteiger partial charge is 0.475 e. The van der Waals surface area contributed by atoms with Crippen LogP contribution < -0.4 is 11.5 Å². The fraction of sp³-hybridized carbons (Fsp3) is 0.273. The SMILES string of the molecule is CON(C)C(=O)c1ccc(N=C(N)N)nc1.O=C(O)C(F)(F)F. The molecule has 9 nitrogen and oxygen atoms in total. The van der Waals surface area contributed by atoms with Crippen LogP contribution in [0, 0.1) is 0 Å². The quantitative estimate of drug-likeness (QED) is 0.407. The first kappa shape index (κ1) is 20.1. The number of carboxylic acids is 1. The van der Waals surface area contributed by atoms with Gasteiger partial charge in [-0.2, -0.15) is 18.2 Å². The van der Waals surface area contributed by atoms with Crippen molar-refractivity contribution in [1.29, 1.82) is 0 Å². The molecule has 0 aliphatic carbocycles. The Labute approximate surface area is 128 Å². The van der Waals surface area contributed by atoms with Gasteiger partial charge < -0.3 is 16.6 Å². The van der Waals surface area contributed by atoms with Crippen molar-refractivity contribution in [2.24, 2.45) is 16.5 Å². The molecule has 0 saturated heterocycles. The monoisotopic (exact) mass is 337 g/mol. The molecule has 0 saturated carbocycles. The number of amides is 1. The van der Waals surface area contributed by atoms with E-state index in [0.717, 1.165) is 5.06 Å². The van der Waals surface area contributed by atoms with Gasteiger partial charge in [0.25, 0.3) is 5.91 Å². The molecule has 0 bridgehead atoms. The molecule has 12 heteroatoms. The third-order valence-corrected chi connectivity index (χ3v) is 2.04. The highest BCUT2D eigenvalue weighted by molar-refractivity contribution is 5.93. The highest BCUT2D eigenvalue weighted by Gasteiger charge is 2.38. The molecule has 0 aromatic carbocycles. The van der Waals surface area contributed by atoms with E-state index in [-0.39, 0.29) is 11.9 Å². The van der Waals surface area contributed by atoms with Crippen LogP contribution in [0.5, 0.6) is 0 Å². The fourth-order valence-electron chi connectivity index (χ4n) is 0.976. The van der Waals surface area contributed by atoms with Crippen molar-refractivity contribution in [1.82, 2.24) is 10.0 Å². The lowest BCUT2D eigenvalue weighted by Crippen LogP contribution is -2.25. The van der Waals surface area contributed by atoms with Gasteiger partial charge in [-0.15, -0.1) is 0 Å². The topological polar surface area (TPSA) is 144 Å². The second kappa shape index (κ2) is 8.53. The third kappa shape index (κ3) is 7.61. The standard InChI is InChI=1S/C9H13N5O2.C2HF3O2/c1-14(16-2)8(15)6-3-4-7(12-5-6)13-9(10)11;3-2(4,5)1(6)7/h3-5H,1-2H3,(H4,10,11,12,13);(H,6,7). The van der Waals surface area contributed by atoms with Gasteiger partial charge in [0, 0.05) is 13.2 Å². The van der Waals surface area contributed by atoms with E-state index < -0.39 is 12.1 Å². The largest absolute Gasteiger partial charge is 0.490 e. The third-order valence-electron chi connectivity index (χ3n) is 2.04. The number of guanidine groups is 1. The summed E-state index contributed by atoms with van der Waals surface area (Å²) in [6.07, 6.45) is -3.71. The predicted molar refractivity (Wildman–Crippen MR) is 72.5 cm³/mol. The zero-order valence-corrected chi connectivity index (χ0v) is 12.0. The van der Waals surface area contributed by atoms with E-state index in [1.807, 2.05) is 0 Å². The molecule has 1 heterocycles. The zero-order chi connectivity index (χ0) is 18.2. The van der Waals surface area contributed by atoms with E-state index in [9.17, 15) is 18.0 Å². The Balaban J connectivity index is 0.000000585. The number of hydrogen-bond acceptors (Lipinski definition) is 5. The number of aliphatic carboxylic acids is 1. The van der Waals surface area contributed by atoms with Gasteiger partial charge in [0.15, 0.2) is 11.8 Å². The number of aliphatic imine (C=N–C) groups is 1. The Bertz CT molecular complexity index is 570. The number of nitrogens with zero attached hydrogens (tertiary/aromatic N) is 3. The van der Waals surface area contributed by atoms with Crippen LogP contribution in [-0.2, 0) is 9.63 Å². The number of carboxylic acid groups (broad SMARTS) is 1. The Hall–Kier alpha value is -2.89. The molecule has 0 radical (unpaired) electrons. The Morgan fingerprint density at radius 1 is 1.35 bits per heavy atom. The van der Waals surface area contributed by atoms with Crippen molar-refractivity contribution in [3.63, 3.8) is 0 Å². The molecule has 23 heavy (non-hydrogen) atoms. The normalized spacial score (nSPS) is 10.1. The van der Waals surface area contributed by atoms with Crippen molar-refractivity contribution >= 4 is 23.7 Å². The highest BCUT2D eigenvalue weighted by Crippen LogP contribution is 2.13. The molecule has 0 atom stereocenters. The maximum atomic E-state index is 11.6. The van der Waals surface area contributed by atoms with Gasteiger partial charge in [0.1, 0.15) is 0 Å². The van der Waals surface area contributed by atoms with Crippen LogP contribution in [-0.4, -0.2) is 53.3 Å². The van der Waals surface area contributed by atoms with Gasteiger partial charge in [-0.25, -0.2) is 14.8 Å². The number of rotatable bonds is 3. The van der Waals surface area contributed by atoms with Gasteiger partial charge in [0.05, 0.1) is 12.7 Å². The number of aromatic nitrogens is 1. The summed E-state index contributed by atoms with van der Waals surface area (Å²) in [6.45, 7) is 0. The Morgan fingerprint density at radius 2 is 1.87 bits per heavy atom. The Kier molecular flexibility index (Phi) is 7.46. The second-order valence-electron chi connectivity index (χ2n) is 3.73. The Morgan fingerprint density at radius 3 is 2.17 bits per heavy atom. The van der Waals surface area contributed by atoms with Crippen molar-refractivity contribution in [2.45, 2.75) is 6.18 Å². The maximum Gasteiger partial charge on any atom is 0.490 e. The van der Waals surface area contributed by atoms with E-state index in [1.165, 1.54) is 26.4 Å². The van der Waals surface area contributed by atoms with Crippen LogP contribution in [0.2, 0.25) is 0 Å². The van der Waals surface area contributed by atoms with Crippen LogP contribution in [0.1, 0.15) is 10.4 Å². The van der Waals surface area contributed by atoms with Gasteiger partial charge in [-0.1, -0.05) is 0 Å². The molecule has 0 spiro atoms. The molecule has 1 aromatic heterocycles. The lowest BCUT2D eigenvalue weighted by molar-refractivity contribution is -0.192. The minimum absolute atomic E-state index is 0.0828. The lowest BCUT2D eigenvalue weighted by Gasteiger charge is -2.12. The van der Waals surface area contributed by atoms with Gasteiger partial charge in [-0.05, 0) is 12.1 Å². The van der Waals surface area contributed by atoms with Gasteiger partial charge >= 0.3 is 12.1 Å². The van der Waals surface area contributed by atoms with Gasteiger partial charge in [-0.3, -0.25) is 9.63 Å². The first-order valence-electron chi connectivity index (χ1n) is 5.67. The number of pyridine rings is 1. The fourth-order valence-corrected chi connectivity index (χ4v) is 0.976. The van der Waals surface area contributed by atoms with E-state index in [1.54, 1.807) is 6.07 Å². The summed E-state index contributed by atoms with van der Waals surface area (Å²) in [4.78, 5) is 32.9. The molecule has 0 aliphatic rings. The molecule has 0 fully saturated rings. The summed E-state index contributed by atoms with van der Waals surface area (Å²) in [6, 6.07) is 3.10. The number of halogens is 3. The molecular formula is C11H14F3N5O4. The van der Waals surface area contributed by atoms with Crippen molar-refractivity contribution in [3.8, 4) is 0 Å². The number of hydrogen-bond donors (Lipinski definition) is 3. The molecule has 1 aromatic rings. The molecule has 0 aliphatic heterocycles. The number of alkyl halides is 3. The van der Waals surface area contributed by atoms with E-state index >= 15 is 0 Å². The minimum Gasteiger partial charge on any atom is -0.475 e. The van der Waals surface area contributed by atoms with Crippen molar-refractivity contribution < 1.29 is 32.7 Å². The first-order valence-corrected chi connectivity index (χ1v) is 5.67. The number of carbonyl (C=O) groups excluding carboxylic acids is 1. The molecule has 5 N–H and O–H groups in total. The average molecular weight is 337 g/mol. The summed E-state index contributed by atoms with van der Waals surface area (Å²) < 4.78 is 31.7. The van der Waals surface area contributed by atoms with Crippen LogP contribution >= 0.6 is 0 Å². The summed E-state index contributed by atoms with van der Waals surface area (Å²) >= 11 is 0. The van der Waals surface area contributed by atoms with E-state index in [4.69, 9.17) is 26.2 Å². The highest BCUT2D eigenvalue weighted by atomic mass is 19.4. The van der Waals surface area contributed by atoms with Crippen LogP contribution in [0.4, 0.5) is 19.0 Å². The molecule has 0 unspecified atom stereocenters. The lowest BCUT2D eigenvalue weighted by atomic mass is 10.2. The molecule has 128 valence electrons. The minimum atomic E-state index is -5.08. The van der Waals surface area contributed by atoms with Crippen molar-refractivity contribution in [2.75, 3.05) is 14.2 Å². The second-order valence-corrected chi connectivity index (χ2v) is 3.73. The first-order chi connectivity index (χ1) is 10.5. The van der Waals surface area contributed by atoms with E-state index in [2.05, 4.69) is 9.98 Å². The summed E-state index contributed by atoms with van der Waals surface area (Å²) in [5.41, 5.74) is 10.8.